The summed E-state index contributed by atoms with van der Waals surface area (Å²) in [4.78, 5) is 12.8. The Balaban J connectivity index is 2.42. The van der Waals surface area contributed by atoms with Crippen molar-refractivity contribution < 1.29 is 14.6 Å². The maximum Gasteiger partial charge on any atom is 0.410 e. The fraction of sp³-hybridized carbons (Fsp3) is 0.667. The van der Waals surface area contributed by atoms with Crippen molar-refractivity contribution in [2.75, 3.05) is 19.7 Å². The van der Waals surface area contributed by atoms with E-state index in [0.717, 1.165) is 0 Å². The normalized spacial score (nSPS) is 27.1. The molecule has 0 unspecified atom stereocenters. The third-order valence-corrected chi connectivity index (χ3v) is 2.04. The Morgan fingerprint density at radius 2 is 2.43 bits per heavy atom. The van der Waals surface area contributed by atoms with E-state index < -0.39 is 12.2 Å². The molecule has 2 atom stereocenters. The molecule has 0 aromatic carbocycles. The summed E-state index contributed by atoms with van der Waals surface area (Å²) in [5.41, 5.74) is 5.65. The monoisotopic (exact) mass is 200 g/mol. The molecular weight excluding hydrogens is 184 g/mol. The van der Waals surface area contributed by atoms with Gasteiger partial charge in [-0.15, -0.1) is 0 Å². The molecule has 1 aliphatic heterocycles. The summed E-state index contributed by atoms with van der Waals surface area (Å²) in [5.74, 6) is 0. The van der Waals surface area contributed by atoms with E-state index in [0.29, 0.717) is 19.5 Å². The number of likely N-dealkylation sites (tertiary alicyclic amines) is 1. The first-order chi connectivity index (χ1) is 6.63. The highest BCUT2D eigenvalue weighted by Gasteiger charge is 2.27. The first kappa shape index (κ1) is 11.0. The molecule has 0 aliphatic carbocycles. The van der Waals surface area contributed by atoms with Crippen LogP contribution in [-0.4, -0.2) is 47.9 Å². The van der Waals surface area contributed by atoms with Gasteiger partial charge in [0.2, 0.25) is 0 Å². The van der Waals surface area contributed by atoms with E-state index in [9.17, 15) is 9.90 Å². The number of nitrogens with zero attached hydrogens (tertiary/aromatic N) is 1. The molecule has 1 amide bonds. The average Bonchev–Trinajstić information content (AvgIpc) is 2.12. The van der Waals surface area contributed by atoms with Crippen molar-refractivity contribution in [1.82, 2.24) is 4.90 Å². The van der Waals surface area contributed by atoms with Crippen LogP contribution in [0.1, 0.15) is 6.42 Å². The molecule has 0 radical (unpaired) electrons. The number of amides is 1. The number of piperidine rings is 1. The Morgan fingerprint density at radius 3 is 3.00 bits per heavy atom. The molecule has 0 aromatic heterocycles. The van der Waals surface area contributed by atoms with E-state index in [1.807, 2.05) is 0 Å². The lowest BCUT2D eigenvalue weighted by Gasteiger charge is -2.32. The number of ether oxygens (including phenoxy) is 1. The zero-order valence-electron chi connectivity index (χ0n) is 8.06. The van der Waals surface area contributed by atoms with Crippen molar-refractivity contribution in [3.63, 3.8) is 0 Å². The number of rotatable bonds is 2. The van der Waals surface area contributed by atoms with E-state index in [1.54, 1.807) is 0 Å². The number of nitrogens with two attached hydrogens (primary N) is 1. The topological polar surface area (TPSA) is 75.8 Å². The lowest BCUT2D eigenvalue weighted by Crippen LogP contribution is -2.51. The molecule has 1 rings (SSSR count). The summed E-state index contributed by atoms with van der Waals surface area (Å²) in [5, 5.41) is 9.37. The fourth-order valence-electron chi connectivity index (χ4n) is 1.48. The number of carbonyl (C=O) groups is 1. The number of carbonyl (C=O) groups excluding carboxylic acids is 1. The smallest absolute Gasteiger partial charge is 0.410 e. The Morgan fingerprint density at radius 1 is 1.71 bits per heavy atom. The molecule has 0 spiro atoms. The van der Waals surface area contributed by atoms with Crippen LogP contribution in [0.3, 0.4) is 0 Å². The van der Waals surface area contributed by atoms with Crippen molar-refractivity contribution in [1.29, 1.82) is 0 Å². The van der Waals surface area contributed by atoms with Crippen LogP contribution in [0, 0.1) is 0 Å². The van der Waals surface area contributed by atoms with Gasteiger partial charge in [-0.2, -0.15) is 0 Å². The van der Waals surface area contributed by atoms with Crippen LogP contribution in [0.2, 0.25) is 0 Å². The molecule has 1 fully saturated rings. The van der Waals surface area contributed by atoms with Crippen molar-refractivity contribution in [3.8, 4) is 0 Å². The number of β-amino-alcohol motifs (C(OH)–C–C–N with tert-alkyl or cyclic N) is 1. The van der Waals surface area contributed by atoms with Gasteiger partial charge >= 0.3 is 6.09 Å². The standard InChI is InChI=1S/C9H16N2O3/c1-2-3-14-9(13)11-5-7(10)4-8(12)6-11/h2,7-8,12H,1,3-6,10H2/t7-,8+/m0/s1. The maximum absolute atomic E-state index is 11.3. The molecule has 3 N–H and O–H groups in total. The average molecular weight is 200 g/mol. The number of aliphatic hydroxyl groups is 1. The molecule has 1 aliphatic rings. The molecule has 80 valence electrons. The molecule has 0 saturated carbocycles. The van der Waals surface area contributed by atoms with E-state index in [4.69, 9.17) is 10.5 Å². The van der Waals surface area contributed by atoms with E-state index in [2.05, 4.69) is 6.58 Å². The zero-order chi connectivity index (χ0) is 10.6. The minimum atomic E-state index is -0.546. The minimum absolute atomic E-state index is 0.171. The van der Waals surface area contributed by atoms with E-state index in [1.165, 1.54) is 11.0 Å². The van der Waals surface area contributed by atoms with Crippen molar-refractivity contribution >= 4 is 6.09 Å². The Kier molecular flexibility index (Phi) is 3.91. The number of hydrogen-bond acceptors (Lipinski definition) is 4. The fourth-order valence-corrected chi connectivity index (χ4v) is 1.48. The predicted molar refractivity (Wildman–Crippen MR) is 51.7 cm³/mol. The highest BCUT2D eigenvalue weighted by Crippen LogP contribution is 2.10. The van der Waals surface area contributed by atoms with Crippen molar-refractivity contribution in [2.24, 2.45) is 5.73 Å². The zero-order valence-corrected chi connectivity index (χ0v) is 8.06. The van der Waals surface area contributed by atoms with Crippen LogP contribution in [0.25, 0.3) is 0 Å². The van der Waals surface area contributed by atoms with Gasteiger partial charge in [0.25, 0.3) is 0 Å². The van der Waals surface area contributed by atoms with Crippen LogP contribution in [0.15, 0.2) is 12.7 Å². The lowest BCUT2D eigenvalue weighted by atomic mass is 10.1. The van der Waals surface area contributed by atoms with Gasteiger partial charge in [0, 0.05) is 12.6 Å². The predicted octanol–water partition coefficient (Wildman–Crippen LogP) is -0.297. The van der Waals surface area contributed by atoms with Crippen LogP contribution in [0.5, 0.6) is 0 Å². The minimum Gasteiger partial charge on any atom is -0.445 e. The van der Waals surface area contributed by atoms with Gasteiger partial charge in [0.05, 0.1) is 12.6 Å². The van der Waals surface area contributed by atoms with Gasteiger partial charge in [0.1, 0.15) is 6.61 Å². The van der Waals surface area contributed by atoms with Gasteiger partial charge in [0.15, 0.2) is 0 Å². The first-order valence-corrected chi connectivity index (χ1v) is 4.59. The van der Waals surface area contributed by atoms with E-state index >= 15 is 0 Å². The molecule has 14 heavy (non-hydrogen) atoms. The van der Waals surface area contributed by atoms with Gasteiger partial charge in [-0.25, -0.2) is 4.79 Å². The van der Waals surface area contributed by atoms with Gasteiger partial charge in [-0.05, 0) is 6.42 Å². The third kappa shape index (κ3) is 3.01. The first-order valence-electron chi connectivity index (χ1n) is 4.59. The molecule has 1 heterocycles. The number of aliphatic hydroxyl groups excluding tert-OH is 1. The molecule has 5 heteroatoms. The van der Waals surface area contributed by atoms with Crippen LogP contribution in [0.4, 0.5) is 4.79 Å². The highest BCUT2D eigenvalue weighted by molar-refractivity contribution is 5.68. The molecule has 1 saturated heterocycles. The summed E-state index contributed by atoms with van der Waals surface area (Å²) in [6, 6.07) is -0.171. The second kappa shape index (κ2) is 4.97. The largest absolute Gasteiger partial charge is 0.445 e. The summed E-state index contributed by atoms with van der Waals surface area (Å²) in [6.45, 7) is 4.35. The molecule has 0 bridgehead atoms. The van der Waals surface area contributed by atoms with Crippen molar-refractivity contribution in [2.45, 2.75) is 18.6 Å². The van der Waals surface area contributed by atoms with Gasteiger partial charge in [-0.3, -0.25) is 0 Å². The van der Waals surface area contributed by atoms with Gasteiger partial charge in [-0.1, -0.05) is 12.7 Å². The van der Waals surface area contributed by atoms with E-state index in [-0.39, 0.29) is 12.6 Å². The summed E-state index contributed by atoms with van der Waals surface area (Å²) >= 11 is 0. The number of hydrogen-bond donors (Lipinski definition) is 2. The quantitative estimate of drug-likeness (QED) is 0.600. The summed E-state index contributed by atoms with van der Waals surface area (Å²) in [7, 11) is 0. The van der Waals surface area contributed by atoms with Crippen LogP contribution in [-0.2, 0) is 4.74 Å². The molecule has 0 aromatic rings. The summed E-state index contributed by atoms with van der Waals surface area (Å²) < 4.78 is 4.83. The van der Waals surface area contributed by atoms with Crippen molar-refractivity contribution in [3.05, 3.63) is 12.7 Å². The van der Waals surface area contributed by atoms with Gasteiger partial charge < -0.3 is 20.5 Å². The lowest BCUT2D eigenvalue weighted by molar-refractivity contribution is 0.0461. The highest BCUT2D eigenvalue weighted by atomic mass is 16.6. The SMILES string of the molecule is C=CCOC(=O)N1C[C@@H](N)C[C@@H](O)C1. The Labute approximate surface area is 83.1 Å². The van der Waals surface area contributed by atoms with Crippen LogP contribution >= 0.6 is 0 Å². The van der Waals surface area contributed by atoms with Crippen LogP contribution < -0.4 is 5.73 Å². The maximum atomic E-state index is 11.3. The summed E-state index contributed by atoms with van der Waals surface area (Å²) in [6.07, 6.45) is 1.04. The second-order valence-corrected chi connectivity index (χ2v) is 3.42. The third-order valence-electron chi connectivity index (χ3n) is 2.04. The second-order valence-electron chi connectivity index (χ2n) is 3.42. The molecule has 5 nitrogen and oxygen atoms in total. The Hall–Kier alpha value is -1.07. The Bertz CT molecular complexity index is 210. The molecular formula is C9H16N2O3.